The normalized spacial score (nSPS) is 13.9. The number of phosphoric acid groups is 1. The monoisotopic (exact) mass is 1460 g/mol. The molecule has 0 aliphatic rings. The van der Waals surface area contributed by atoms with Crippen molar-refractivity contribution in [2.24, 2.45) is 0 Å². The maximum absolute atomic E-state index is 12.9. The standard InChI is InChI=1S/C94H160NO8P/c1-6-8-10-12-14-16-18-20-22-24-26-28-30-32-34-36-38-40-42-44-46-47-49-51-53-55-57-59-61-63-65-67-69-71-73-75-77-79-81-83-85-87-94(97)103-92(91-102-104(98,99)101-89-88-95(3,4)5)90-100-93(96)86-84-82-80-78-76-74-72-70-68-66-64-62-60-58-56-54-52-50-48-45-43-41-39-37-35-33-31-29-27-25-23-21-19-17-15-13-11-9-7-2/h8-11,14-17,20-23,26-29,32-35,38,40,44,46,49,51,55,57,92H,6-7,12-13,18-19,24-25,30-31,36-37,39,41-43,45,47-48,50,52-54,56,58-91H2,1-5H3/p+1/b10-8-,11-9-,16-14-,17-15-,22-20-,23-21-,28-26-,29-27-,34-32-,35-33-,40-38-,46-44-,51-49-,57-55-. The van der Waals surface area contributed by atoms with Gasteiger partial charge in [0.15, 0.2) is 6.10 Å². The first-order valence-electron chi connectivity index (χ1n) is 42.9. The highest BCUT2D eigenvalue weighted by Gasteiger charge is 2.27. The van der Waals surface area contributed by atoms with E-state index >= 15 is 0 Å². The van der Waals surface area contributed by atoms with Crippen LogP contribution in [0.5, 0.6) is 0 Å². The van der Waals surface area contributed by atoms with Crippen LogP contribution in [0.15, 0.2) is 170 Å². The molecule has 0 radical (unpaired) electrons. The molecule has 1 N–H and O–H groups in total. The van der Waals surface area contributed by atoms with E-state index in [-0.39, 0.29) is 32.0 Å². The van der Waals surface area contributed by atoms with Gasteiger partial charge < -0.3 is 18.9 Å². The van der Waals surface area contributed by atoms with Gasteiger partial charge in [0.2, 0.25) is 0 Å². The molecule has 0 fully saturated rings. The Morgan fingerprint density at radius 1 is 0.298 bits per heavy atom. The van der Waals surface area contributed by atoms with Crippen LogP contribution in [-0.2, 0) is 32.7 Å². The molecular weight excluding hydrogens is 1300 g/mol. The number of rotatable bonds is 78. The van der Waals surface area contributed by atoms with Gasteiger partial charge in [-0.05, 0) is 128 Å². The molecular formula is C94H161NO8P+. The molecule has 0 aliphatic carbocycles. The molecule has 104 heavy (non-hydrogen) atoms. The number of quaternary nitrogens is 1. The summed E-state index contributed by atoms with van der Waals surface area (Å²) in [6.45, 7) is 4.23. The number of likely N-dealkylation sites (N-methyl/N-ethyl adjacent to an activating group) is 1. The van der Waals surface area contributed by atoms with Crippen LogP contribution in [0.2, 0.25) is 0 Å². The molecule has 9 nitrogen and oxygen atoms in total. The van der Waals surface area contributed by atoms with E-state index in [1.165, 1.54) is 199 Å². The number of allylic oxidation sites excluding steroid dienone is 28. The predicted molar refractivity (Wildman–Crippen MR) is 454 cm³/mol. The first-order chi connectivity index (χ1) is 51.0. The summed E-state index contributed by atoms with van der Waals surface area (Å²) in [5.74, 6) is -0.791. The third kappa shape index (κ3) is 86.3. The Morgan fingerprint density at radius 2 is 0.519 bits per heavy atom. The van der Waals surface area contributed by atoms with Crippen LogP contribution in [0.1, 0.15) is 361 Å². The third-order valence-electron chi connectivity index (χ3n) is 18.2. The van der Waals surface area contributed by atoms with Crippen molar-refractivity contribution in [1.29, 1.82) is 0 Å². The lowest BCUT2D eigenvalue weighted by atomic mass is 10.0. The van der Waals surface area contributed by atoms with E-state index in [2.05, 4.69) is 184 Å². The van der Waals surface area contributed by atoms with E-state index in [0.717, 1.165) is 128 Å². The summed E-state index contributed by atoms with van der Waals surface area (Å²) in [5.41, 5.74) is 0. The Hall–Kier alpha value is -4.63. The minimum Gasteiger partial charge on any atom is -0.462 e. The van der Waals surface area contributed by atoms with Crippen molar-refractivity contribution in [2.45, 2.75) is 367 Å². The molecule has 0 rings (SSSR count). The maximum Gasteiger partial charge on any atom is 0.472 e. The summed E-state index contributed by atoms with van der Waals surface area (Å²) in [5, 5.41) is 0. The van der Waals surface area contributed by atoms with E-state index in [0.29, 0.717) is 17.4 Å². The molecule has 0 aromatic rings. The second-order valence-electron chi connectivity index (χ2n) is 29.5. The molecule has 10 heteroatoms. The summed E-state index contributed by atoms with van der Waals surface area (Å²) in [6.07, 6.45) is 125. The Labute approximate surface area is 642 Å². The lowest BCUT2D eigenvalue weighted by Gasteiger charge is -2.24. The fraction of sp³-hybridized carbons (Fsp3) is 0.681. The van der Waals surface area contributed by atoms with Gasteiger partial charge in [-0.3, -0.25) is 18.6 Å². The van der Waals surface area contributed by atoms with Gasteiger partial charge in [-0.1, -0.05) is 389 Å². The molecule has 0 spiro atoms. The quantitative estimate of drug-likeness (QED) is 0.0211. The van der Waals surface area contributed by atoms with Gasteiger partial charge in [-0.15, -0.1) is 0 Å². The molecule has 594 valence electrons. The summed E-state index contributed by atoms with van der Waals surface area (Å²) >= 11 is 0. The fourth-order valence-electron chi connectivity index (χ4n) is 11.8. The van der Waals surface area contributed by atoms with Crippen LogP contribution in [-0.4, -0.2) is 74.9 Å². The average Bonchev–Trinajstić information content (AvgIpc) is 0.920. The smallest absolute Gasteiger partial charge is 0.462 e. The first-order valence-corrected chi connectivity index (χ1v) is 44.4. The summed E-state index contributed by atoms with van der Waals surface area (Å²) in [6, 6.07) is 0. The highest BCUT2D eigenvalue weighted by molar-refractivity contribution is 7.47. The van der Waals surface area contributed by atoms with Crippen molar-refractivity contribution in [3.05, 3.63) is 170 Å². The van der Waals surface area contributed by atoms with Crippen LogP contribution in [0.4, 0.5) is 0 Å². The van der Waals surface area contributed by atoms with Gasteiger partial charge in [0, 0.05) is 12.8 Å². The highest BCUT2D eigenvalue weighted by Crippen LogP contribution is 2.43. The minimum absolute atomic E-state index is 0.0272. The number of hydrogen-bond acceptors (Lipinski definition) is 7. The summed E-state index contributed by atoms with van der Waals surface area (Å²) in [7, 11) is 1.48. The van der Waals surface area contributed by atoms with Gasteiger partial charge in [-0.25, -0.2) is 4.57 Å². The minimum atomic E-state index is -4.41. The molecule has 0 heterocycles. The second kappa shape index (κ2) is 82.4. The van der Waals surface area contributed by atoms with Crippen molar-refractivity contribution < 1.29 is 42.1 Å². The number of ether oxygens (including phenoxy) is 2. The highest BCUT2D eigenvalue weighted by atomic mass is 31.2. The van der Waals surface area contributed by atoms with E-state index in [9.17, 15) is 19.0 Å². The van der Waals surface area contributed by atoms with Gasteiger partial charge in [0.1, 0.15) is 19.8 Å². The fourth-order valence-corrected chi connectivity index (χ4v) is 12.5. The summed E-state index contributed by atoms with van der Waals surface area (Å²) in [4.78, 5) is 36.1. The van der Waals surface area contributed by atoms with Gasteiger partial charge in [-0.2, -0.15) is 0 Å². The second-order valence-corrected chi connectivity index (χ2v) is 30.9. The Kier molecular flexibility index (Phi) is 78.8. The number of nitrogens with zero attached hydrogens (tertiary/aromatic N) is 1. The number of unbranched alkanes of at least 4 members (excludes halogenated alkanes) is 36. The number of esters is 2. The number of carbonyl (C=O) groups excluding carboxylic acids is 2. The van der Waals surface area contributed by atoms with E-state index in [1.807, 2.05) is 21.1 Å². The van der Waals surface area contributed by atoms with Gasteiger partial charge in [0.25, 0.3) is 0 Å². The molecule has 0 bridgehead atoms. The molecule has 0 amide bonds. The molecule has 0 aromatic heterocycles. The van der Waals surface area contributed by atoms with Crippen molar-refractivity contribution in [1.82, 2.24) is 0 Å². The molecule has 0 saturated heterocycles. The topological polar surface area (TPSA) is 108 Å². The van der Waals surface area contributed by atoms with E-state index in [1.54, 1.807) is 0 Å². The molecule has 0 aliphatic heterocycles. The van der Waals surface area contributed by atoms with Crippen molar-refractivity contribution in [2.75, 3.05) is 47.5 Å². The molecule has 2 atom stereocenters. The Morgan fingerprint density at radius 3 is 0.769 bits per heavy atom. The lowest BCUT2D eigenvalue weighted by molar-refractivity contribution is -0.870. The van der Waals surface area contributed by atoms with Gasteiger partial charge >= 0.3 is 19.8 Å². The number of hydrogen-bond donors (Lipinski definition) is 1. The molecule has 0 aromatic carbocycles. The van der Waals surface area contributed by atoms with Crippen LogP contribution in [0, 0.1) is 0 Å². The van der Waals surface area contributed by atoms with Crippen molar-refractivity contribution in [3.8, 4) is 0 Å². The zero-order valence-electron chi connectivity index (χ0n) is 68.0. The van der Waals surface area contributed by atoms with Gasteiger partial charge in [0.05, 0.1) is 27.7 Å². The zero-order chi connectivity index (χ0) is 75.4. The van der Waals surface area contributed by atoms with Crippen LogP contribution >= 0.6 is 7.82 Å². The van der Waals surface area contributed by atoms with Crippen molar-refractivity contribution >= 4 is 19.8 Å². The maximum atomic E-state index is 12.9. The average molecular weight is 1460 g/mol. The largest absolute Gasteiger partial charge is 0.472 e. The zero-order valence-corrected chi connectivity index (χ0v) is 68.8. The summed E-state index contributed by atoms with van der Waals surface area (Å²) < 4.78 is 34.9. The third-order valence-corrected chi connectivity index (χ3v) is 19.2. The molecule has 0 saturated carbocycles. The molecule has 2 unspecified atom stereocenters. The van der Waals surface area contributed by atoms with E-state index < -0.39 is 26.5 Å². The Balaban J connectivity index is 3.96. The number of carbonyl (C=O) groups is 2. The SMILES string of the molecule is CC/C=C\C/C=C\C/C=C\C/C=C\C/C=C\C/C=C\C/C=C\C/C=C\C/C=C\CCCCCCCCCCCCCCCC(=O)OC(COC(=O)CCCCCCCCCCCCCCCCCCCCCCCCC/C=C\C/C=C\C/C=C\C/C=C\C/C=C\CC)COP(=O)(O)OCC[N+](C)(C)C. The lowest BCUT2D eigenvalue weighted by Crippen LogP contribution is -2.37. The first kappa shape index (κ1) is 99.4. The van der Waals surface area contributed by atoms with Crippen LogP contribution in [0.25, 0.3) is 0 Å². The van der Waals surface area contributed by atoms with Crippen LogP contribution in [0.3, 0.4) is 0 Å². The van der Waals surface area contributed by atoms with Crippen molar-refractivity contribution in [3.63, 3.8) is 0 Å². The Bertz CT molecular complexity index is 2370. The number of phosphoric ester groups is 1. The van der Waals surface area contributed by atoms with Crippen LogP contribution < -0.4 is 0 Å². The predicted octanol–water partition coefficient (Wildman–Crippen LogP) is 29.2. The van der Waals surface area contributed by atoms with E-state index in [4.69, 9.17) is 18.5 Å².